The molecule has 5 heteroatoms. The van der Waals surface area contributed by atoms with E-state index in [4.69, 9.17) is 23.2 Å². The smallest absolute Gasteiger partial charge is 0.150 e. The van der Waals surface area contributed by atoms with E-state index in [2.05, 4.69) is 36.0 Å². The summed E-state index contributed by atoms with van der Waals surface area (Å²) in [4.78, 5) is 6.62. The molecule has 0 spiro atoms. The van der Waals surface area contributed by atoms with Gasteiger partial charge in [-0.05, 0) is 33.3 Å². The number of anilines is 2. The van der Waals surface area contributed by atoms with Crippen LogP contribution in [0.3, 0.4) is 0 Å². The lowest BCUT2D eigenvalue weighted by Gasteiger charge is -2.36. The van der Waals surface area contributed by atoms with Crippen molar-refractivity contribution in [2.24, 2.45) is 0 Å². The largest absolute Gasteiger partial charge is 0.369 e. The minimum absolute atomic E-state index is 0.00600. The van der Waals surface area contributed by atoms with Crippen LogP contribution in [-0.2, 0) is 0 Å². The van der Waals surface area contributed by atoms with Crippen LogP contribution < -0.4 is 10.2 Å². The molecule has 0 atom stereocenters. The molecule has 0 aliphatic rings. The Balaban J connectivity index is 3.20. The summed E-state index contributed by atoms with van der Waals surface area (Å²) < 4.78 is 0. The van der Waals surface area contributed by atoms with Crippen LogP contribution in [0.2, 0.25) is 10.0 Å². The van der Waals surface area contributed by atoms with Crippen molar-refractivity contribution in [2.45, 2.75) is 39.7 Å². The fraction of sp³-hybridized carbons (Fsp3) is 0.615. The van der Waals surface area contributed by atoms with Crippen LogP contribution in [0.15, 0.2) is 6.07 Å². The first-order valence-electron chi connectivity index (χ1n) is 6.17. The normalized spacial score (nSPS) is 11.5. The molecule has 0 amide bonds. The molecule has 1 N–H and O–H groups in total. The molecule has 1 heterocycles. The van der Waals surface area contributed by atoms with Crippen LogP contribution in [0.5, 0.6) is 0 Å². The van der Waals surface area contributed by atoms with Crippen molar-refractivity contribution in [1.82, 2.24) is 4.98 Å². The second-order valence-corrected chi connectivity index (χ2v) is 5.69. The van der Waals surface area contributed by atoms with E-state index in [1.807, 2.05) is 14.0 Å². The predicted octanol–water partition coefficient (Wildman–Crippen LogP) is 4.45. The Labute approximate surface area is 119 Å². The Morgan fingerprint density at radius 1 is 1.28 bits per heavy atom. The van der Waals surface area contributed by atoms with E-state index < -0.39 is 0 Å². The van der Waals surface area contributed by atoms with Crippen LogP contribution in [0.4, 0.5) is 11.6 Å². The Morgan fingerprint density at radius 3 is 2.39 bits per heavy atom. The number of hydrogen-bond acceptors (Lipinski definition) is 3. The lowest BCUT2D eigenvalue weighted by Crippen LogP contribution is -2.41. The molecule has 0 fully saturated rings. The van der Waals surface area contributed by atoms with Crippen molar-refractivity contribution >= 4 is 34.8 Å². The summed E-state index contributed by atoms with van der Waals surface area (Å²) in [5.41, 5.74) is -0.00600. The fourth-order valence-electron chi connectivity index (χ4n) is 1.51. The van der Waals surface area contributed by atoms with E-state index in [9.17, 15) is 0 Å². The van der Waals surface area contributed by atoms with E-state index in [0.29, 0.717) is 15.9 Å². The highest BCUT2D eigenvalue weighted by atomic mass is 35.5. The molecule has 0 unspecified atom stereocenters. The molecule has 0 aliphatic heterocycles. The number of aromatic nitrogens is 1. The maximum atomic E-state index is 6.24. The first-order valence-corrected chi connectivity index (χ1v) is 6.92. The quantitative estimate of drug-likeness (QED) is 0.868. The topological polar surface area (TPSA) is 28.2 Å². The van der Waals surface area contributed by atoms with Gasteiger partial charge in [0, 0.05) is 19.1 Å². The second kappa shape index (κ2) is 5.98. The van der Waals surface area contributed by atoms with Gasteiger partial charge in [0.25, 0.3) is 0 Å². The highest BCUT2D eigenvalue weighted by Gasteiger charge is 2.25. The molecule has 18 heavy (non-hydrogen) atoms. The van der Waals surface area contributed by atoms with Gasteiger partial charge in [0.1, 0.15) is 11.6 Å². The summed E-state index contributed by atoms with van der Waals surface area (Å²) in [6, 6.07) is 1.74. The summed E-state index contributed by atoms with van der Waals surface area (Å²) >= 11 is 12.3. The average Bonchev–Trinajstić information content (AvgIpc) is 2.32. The molecule has 102 valence electrons. The predicted molar refractivity (Wildman–Crippen MR) is 81.2 cm³/mol. The molecule has 1 rings (SSSR count). The van der Waals surface area contributed by atoms with Crippen molar-refractivity contribution in [3.05, 3.63) is 16.1 Å². The lowest BCUT2D eigenvalue weighted by molar-refractivity contribution is 0.467. The summed E-state index contributed by atoms with van der Waals surface area (Å²) in [7, 11) is 2.00. The molecule has 0 radical (unpaired) electrons. The molecule has 0 saturated heterocycles. The molecule has 0 aliphatic carbocycles. The molecule has 3 nitrogen and oxygen atoms in total. The summed E-state index contributed by atoms with van der Waals surface area (Å²) in [5.74, 6) is 1.43. The first-order chi connectivity index (χ1) is 8.33. The third-order valence-corrected chi connectivity index (χ3v) is 3.91. The Morgan fingerprint density at radius 2 is 1.89 bits per heavy atom. The van der Waals surface area contributed by atoms with Crippen molar-refractivity contribution in [1.29, 1.82) is 0 Å². The molecule has 1 aromatic heterocycles. The van der Waals surface area contributed by atoms with Gasteiger partial charge >= 0.3 is 0 Å². The standard InChI is InChI=1S/C13H21Cl2N3/c1-6-13(3,4)18(5)12-10(15)8-9(14)11(17-12)16-7-2/h8H,6-7H2,1-5H3,(H,16,17). The zero-order valence-electron chi connectivity index (χ0n) is 11.6. The number of rotatable bonds is 5. The second-order valence-electron chi connectivity index (χ2n) is 4.88. The molecule has 0 bridgehead atoms. The van der Waals surface area contributed by atoms with Gasteiger partial charge in [0.15, 0.2) is 0 Å². The zero-order valence-corrected chi connectivity index (χ0v) is 13.2. The van der Waals surface area contributed by atoms with Crippen molar-refractivity contribution < 1.29 is 0 Å². The summed E-state index contributed by atoms with van der Waals surface area (Å²) in [5, 5.41) is 4.26. The minimum Gasteiger partial charge on any atom is -0.369 e. The van der Waals surface area contributed by atoms with Gasteiger partial charge in [-0.2, -0.15) is 0 Å². The van der Waals surface area contributed by atoms with Gasteiger partial charge in [0.2, 0.25) is 0 Å². The van der Waals surface area contributed by atoms with Crippen LogP contribution >= 0.6 is 23.2 Å². The first kappa shape index (κ1) is 15.4. The van der Waals surface area contributed by atoms with Gasteiger partial charge in [0.05, 0.1) is 10.0 Å². The van der Waals surface area contributed by atoms with Crippen molar-refractivity contribution in [3.63, 3.8) is 0 Å². The van der Waals surface area contributed by atoms with Gasteiger partial charge in [-0.3, -0.25) is 0 Å². The van der Waals surface area contributed by atoms with E-state index in [1.165, 1.54) is 0 Å². The Hall–Kier alpha value is -0.670. The van der Waals surface area contributed by atoms with Gasteiger partial charge in [-0.1, -0.05) is 30.1 Å². The number of nitrogens with zero attached hydrogens (tertiary/aromatic N) is 2. The third kappa shape index (κ3) is 3.21. The fourth-order valence-corrected chi connectivity index (χ4v) is 2.06. The van der Waals surface area contributed by atoms with Gasteiger partial charge in [-0.25, -0.2) is 4.98 Å². The molecule has 0 aromatic carbocycles. The Bertz CT molecular complexity index is 419. The number of pyridine rings is 1. The van der Waals surface area contributed by atoms with Crippen LogP contribution in [0, 0.1) is 0 Å². The molecular weight excluding hydrogens is 269 g/mol. The Kier molecular flexibility index (Phi) is 5.11. The lowest BCUT2D eigenvalue weighted by atomic mass is 10.00. The molecular formula is C13H21Cl2N3. The summed E-state index contributed by atoms with van der Waals surface area (Å²) in [6.45, 7) is 9.24. The number of nitrogens with one attached hydrogen (secondary N) is 1. The minimum atomic E-state index is -0.00600. The van der Waals surface area contributed by atoms with Crippen molar-refractivity contribution in [3.8, 4) is 0 Å². The van der Waals surface area contributed by atoms with Crippen LogP contribution in [-0.4, -0.2) is 24.1 Å². The van der Waals surface area contributed by atoms with Crippen LogP contribution in [0.1, 0.15) is 34.1 Å². The number of halogens is 2. The van der Waals surface area contributed by atoms with Crippen LogP contribution in [0.25, 0.3) is 0 Å². The monoisotopic (exact) mass is 289 g/mol. The van der Waals surface area contributed by atoms with E-state index in [-0.39, 0.29) is 5.54 Å². The zero-order chi connectivity index (χ0) is 13.9. The average molecular weight is 290 g/mol. The van der Waals surface area contributed by atoms with E-state index >= 15 is 0 Å². The highest BCUT2D eigenvalue weighted by Crippen LogP contribution is 2.34. The molecule has 0 saturated carbocycles. The van der Waals surface area contributed by atoms with Gasteiger partial charge < -0.3 is 10.2 Å². The number of hydrogen-bond donors (Lipinski definition) is 1. The third-order valence-electron chi connectivity index (χ3n) is 3.35. The maximum Gasteiger partial charge on any atom is 0.150 e. The van der Waals surface area contributed by atoms with E-state index in [0.717, 1.165) is 18.8 Å². The summed E-state index contributed by atoms with van der Waals surface area (Å²) in [6.07, 6.45) is 1.00. The highest BCUT2D eigenvalue weighted by molar-refractivity contribution is 6.37. The molecule has 1 aromatic rings. The van der Waals surface area contributed by atoms with Gasteiger partial charge in [-0.15, -0.1) is 0 Å². The SMILES string of the molecule is CCNc1nc(N(C)C(C)(C)CC)c(Cl)cc1Cl. The van der Waals surface area contributed by atoms with Crippen molar-refractivity contribution in [2.75, 3.05) is 23.8 Å². The maximum absolute atomic E-state index is 6.24. The van der Waals surface area contributed by atoms with E-state index in [1.54, 1.807) is 6.07 Å².